The van der Waals surface area contributed by atoms with Crippen LogP contribution in [0.2, 0.25) is 0 Å². The number of hydrogen-bond acceptors (Lipinski definition) is 6. The van der Waals surface area contributed by atoms with Crippen molar-refractivity contribution in [2.75, 3.05) is 32.8 Å². The molecule has 3 amide bonds. The topological polar surface area (TPSA) is 116 Å². The molecule has 9 heteroatoms. The molecule has 1 fully saturated rings. The van der Waals surface area contributed by atoms with E-state index in [0.29, 0.717) is 25.9 Å². The maximum atomic E-state index is 12.6. The Hall–Kier alpha value is -3.33. The normalized spacial score (nSPS) is 15.6. The highest BCUT2D eigenvalue weighted by Crippen LogP contribution is 2.17. The summed E-state index contributed by atoms with van der Waals surface area (Å²) in [6.07, 6.45) is 5.21. The van der Waals surface area contributed by atoms with Crippen molar-refractivity contribution in [1.82, 2.24) is 25.1 Å². The summed E-state index contributed by atoms with van der Waals surface area (Å²) in [6, 6.07) is 9.32. The van der Waals surface area contributed by atoms with Crippen molar-refractivity contribution in [2.45, 2.75) is 18.9 Å². The Labute approximate surface area is 174 Å². The molecule has 0 saturated carbocycles. The number of likely N-dealkylation sites (tertiary alicyclic amines) is 1. The molecule has 30 heavy (non-hydrogen) atoms. The highest BCUT2D eigenvalue weighted by atomic mass is 16.3. The van der Waals surface area contributed by atoms with Gasteiger partial charge in [0.05, 0.1) is 18.7 Å². The summed E-state index contributed by atoms with van der Waals surface area (Å²) in [6.45, 7) is 0.784. The van der Waals surface area contributed by atoms with E-state index < -0.39 is 12.5 Å². The minimum atomic E-state index is -0.618. The van der Waals surface area contributed by atoms with E-state index >= 15 is 0 Å². The average molecular weight is 411 g/mol. The standard InChI is InChI=1S/C21H25N5O4/c27-15-20(29)26(11-9-24-21(30)18-13-22-7-8-23-18)17-6-10-25(14-17)19(28)12-16-4-2-1-3-5-16/h1-5,7-8,13,17,27H,6,9-12,14-15H2,(H,24,30). The molecule has 0 spiro atoms. The molecular weight excluding hydrogens is 386 g/mol. The van der Waals surface area contributed by atoms with Gasteiger partial charge in [0.2, 0.25) is 11.8 Å². The molecule has 1 aromatic carbocycles. The lowest BCUT2D eigenvalue weighted by molar-refractivity contribution is -0.137. The number of hydrogen-bond donors (Lipinski definition) is 2. The number of amides is 3. The van der Waals surface area contributed by atoms with Gasteiger partial charge in [0.1, 0.15) is 12.3 Å². The zero-order chi connectivity index (χ0) is 21.3. The van der Waals surface area contributed by atoms with Gasteiger partial charge in [-0.1, -0.05) is 30.3 Å². The average Bonchev–Trinajstić information content (AvgIpc) is 3.27. The fourth-order valence-electron chi connectivity index (χ4n) is 3.50. The molecule has 158 valence electrons. The summed E-state index contributed by atoms with van der Waals surface area (Å²) >= 11 is 0. The summed E-state index contributed by atoms with van der Waals surface area (Å²) in [5.41, 5.74) is 1.14. The molecule has 2 N–H and O–H groups in total. The predicted molar refractivity (Wildman–Crippen MR) is 108 cm³/mol. The molecule has 1 saturated heterocycles. The van der Waals surface area contributed by atoms with Gasteiger partial charge in [0.15, 0.2) is 0 Å². The van der Waals surface area contributed by atoms with Crippen LogP contribution in [0.1, 0.15) is 22.5 Å². The largest absolute Gasteiger partial charge is 0.387 e. The highest BCUT2D eigenvalue weighted by molar-refractivity contribution is 5.91. The van der Waals surface area contributed by atoms with Crippen LogP contribution in [0.15, 0.2) is 48.9 Å². The number of aliphatic hydroxyl groups is 1. The number of nitrogens with zero attached hydrogens (tertiary/aromatic N) is 4. The summed E-state index contributed by atoms with van der Waals surface area (Å²) in [5, 5.41) is 12.0. The van der Waals surface area contributed by atoms with Crippen LogP contribution in [0.25, 0.3) is 0 Å². The Kier molecular flexibility index (Phi) is 7.45. The number of rotatable bonds is 8. The van der Waals surface area contributed by atoms with E-state index in [-0.39, 0.29) is 36.6 Å². The third kappa shape index (κ3) is 5.60. The SMILES string of the molecule is O=C(NCCN(C(=O)CO)C1CCN(C(=O)Cc2ccccc2)C1)c1cnccn1. The van der Waals surface area contributed by atoms with Crippen LogP contribution in [0.4, 0.5) is 0 Å². The van der Waals surface area contributed by atoms with E-state index in [1.54, 1.807) is 4.90 Å². The van der Waals surface area contributed by atoms with Crippen molar-refractivity contribution >= 4 is 17.7 Å². The summed E-state index contributed by atoms with van der Waals surface area (Å²) in [5.74, 6) is -0.798. The van der Waals surface area contributed by atoms with Crippen molar-refractivity contribution in [3.8, 4) is 0 Å². The van der Waals surface area contributed by atoms with Crippen LogP contribution < -0.4 is 5.32 Å². The van der Waals surface area contributed by atoms with Gasteiger partial charge in [0, 0.05) is 38.6 Å². The van der Waals surface area contributed by atoms with Crippen LogP contribution >= 0.6 is 0 Å². The van der Waals surface area contributed by atoms with Crippen molar-refractivity contribution in [2.24, 2.45) is 0 Å². The molecule has 2 heterocycles. The highest BCUT2D eigenvalue weighted by Gasteiger charge is 2.32. The monoisotopic (exact) mass is 411 g/mol. The first-order valence-electron chi connectivity index (χ1n) is 9.84. The second-order valence-corrected chi connectivity index (χ2v) is 7.04. The maximum absolute atomic E-state index is 12.6. The molecule has 1 aromatic heterocycles. The fourth-order valence-corrected chi connectivity index (χ4v) is 3.50. The molecule has 0 radical (unpaired) electrons. The second-order valence-electron chi connectivity index (χ2n) is 7.04. The van der Waals surface area contributed by atoms with Crippen LogP contribution in [0.3, 0.4) is 0 Å². The minimum Gasteiger partial charge on any atom is -0.387 e. The van der Waals surface area contributed by atoms with Gasteiger partial charge >= 0.3 is 0 Å². The number of carbonyl (C=O) groups excluding carboxylic acids is 3. The smallest absolute Gasteiger partial charge is 0.271 e. The Morgan fingerprint density at radius 2 is 2.00 bits per heavy atom. The first-order valence-corrected chi connectivity index (χ1v) is 9.84. The van der Waals surface area contributed by atoms with Gasteiger partial charge in [-0.05, 0) is 12.0 Å². The molecule has 2 aromatic rings. The Bertz CT molecular complexity index is 862. The molecule has 3 rings (SSSR count). The van der Waals surface area contributed by atoms with Gasteiger partial charge in [-0.2, -0.15) is 0 Å². The van der Waals surface area contributed by atoms with Crippen molar-refractivity contribution in [1.29, 1.82) is 0 Å². The van der Waals surface area contributed by atoms with E-state index in [4.69, 9.17) is 0 Å². The number of carbonyl (C=O) groups is 3. The lowest BCUT2D eigenvalue weighted by Gasteiger charge is -2.28. The predicted octanol–water partition coefficient (Wildman–Crippen LogP) is -0.129. The van der Waals surface area contributed by atoms with Gasteiger partial charge in [0.25, 0.3) is 5.91 Å². The number of benzene rings is 1. The van der Waals surface area contributed by atoms with Gasteiger partial charge < -0.3 is 20.2 Å². The quantitative estimate of drug-likeness (QED) is 0.625. The van der Waals surface area contributed by atoms with Gasteiger partial charge in [-0.3, -0.25) is 19.4 Å². The molecule has 9 nitrogen and oxygen atoms in total. The number of aromatic nitrogens is 2. The fraction of sp³-hybridized carbons (Fsp3) is 0.381. The van der Waals surface area contributed by atoms with E-state index in [1.165, 1.54) is 23.5 Å². The Morgan fingerprint density at radius 3 is 2.70 bits per heavy atom. The maximum Gasteiger partial charge on any atom is 0.271 e. The molecular formula is C21H25N5O4. The van der Waals surface area contributed by atoms with Crippen LogP contribution in [-0.2, 0) is 16.0 Å². The van der Waals surface area contributed by atoms with Gasteiger partial charge in [-0.15, -0.1) is 0 Å². The number of aliphatic hydroxyl groups excluding tert-OH is 1. The van der Waals surface area contributed by atoms with Crippen LogP contribution in [0, 0.1) is 0 Å². The van der Waals surface area contributed by atoms with Crippen molar-refractivity contribution in [3.63, 3.8) is 0 Å². The molecule has 0 bridgehead atoms. The zero-order valence-corrected chi connectivity index (χ0v) is 16.6. The summed E-state index contributed by atoms with van der Waals surface area (Å²) in [7, 11) is 0. The Balaban J connectivity index is 1.53. The molecule has 1 unspecified atom stereocenters. The molecule has 0 aliphatic carbocycles. The second kappa shape index (κ2) is 10.4. The number of nitrogens with one attached hydrogen (secondary N) is 1. The van der Waals surface area contributed by atoms with E-state index in [2.05, 4.69) is 15.3 Å². The lowest BCUT2D eigenvalue weighted by Crippen LogP contribution is -2.47. The van der Waals surface area contributed by atoms with E-state index in [0.717, 1.165) is 5.56 Å². The summed E-state index contributed by atoms with van der Waals surface area (Å²) < 4.78 is 0. The Morgan fingerprint density at radius 1 is 1.20 bits per heavy atom. The van der Waals surface area contributed by atoms with E-state index in [9.17, 15) is 19.5 Å². The van der Waals surface area contributed by atoms with Crippen molar-refractivity contribution in [3.05, 3.63) is 60.2 Å². The van der Waals surface area contributed by atoms with Crippen LogP contribution in [-0.4, -0.2) is 81.4 Å². The molecule has 1 atom stereocenters. The van der Waals surface area contributed by atoms with Gasteiger partial charge in [-0.25, -0.2) is 4.98 Å². The zero-order valence-electron chi connectivity index (χ0n) is 16.6. The first kappa shape index (κ1) is 21.4. The third-order valence-corrected chi connectivity index (χ3v) is 5.04. The molecule has 1 aliphatic rings. The van der Waals surface area contributed by atoms with E-state index in [1.807, 2.05) is 30.3 Å². The minimum absolute atomic E-state index is 0.0102. The molecule has 1 aliphatic heterocycles. The summed E-state index contributed by atoms with van der Waals surface area (Å²) in [4.78, 5) is 48.0. The third-order valence-electron chi connectivity index (χ3n) is 5.04. The van der Waals surface area contributed by atoms with Crippen molar-refractivity contribution < 1.29 is 19.5 Å². The van der Waals surface area contributed by atoms with Crippen LogP contribution in [0.5, 0.6) is 0 Å². The first-order chi connectivity index (χ1) is 14.6. The lowest BCUT2D eigenvalue weighted by atomic mass is 10.1.